The lowest BCUT2D eigenvalue weighted by atomic mass is 10.2. The van der Waals surface area contributed by atoms with Crippen LogP contribution in [-0.4, -0.2) is 31.7 Å². The van der Waals surface area contributed by atoms with Gasteiger partial charge in [-0.1, -0.05) is 42.0 Å². The molecule has 5 nitrogen and oxygen atoms in total. The lowest BCUT2D eigenvalue weighted by Gasteiger charge is -1.99. The Labute approximate surface area is 130 Å². The van der Waals surface area contributed by atoms with Crippen LogP contribution in [0.2, 0.25) is 0 Å². The van der Waals surface area contributed by atoms with Gasteiger partial charge < -0.3 is 20.0 Å². The van der Waals surface area contributed by atoms with Crippen molar-refractivity contribution in [1.29, 1.82) is 0 Å². The van der Waals surface area contributed by atoms with E-state index in [0.29, 0.717) is 5.56 Å². The highest BCUT2D eigenvalue weighted by Gasteiger charge is 2.00. The van der Waals surface area contributed by atoms with Gasteiger partial charge in [-0.2, -0.15) is 0 Å². The van der Waals surface area contributed by atoms with E-state index < -0.39 is 5.97 Å². The van der Waals surface area contributed by atoms with Crippen molar-refractivity contribution in [2.45, 2.75) is 6.92 Å². The summed E-state index contributed by atoms with van der Waals surface area (Å²) < 4.78 is 0. The molecule has 2 rings (SSSR count). The molecule has 0 saturated carbocycles. The number of benzene rings is 2. The fourth-order valence-electron chi connectivity index (χ4n) is 1.34. The van der Waals surface area contributed by atoms with Crippen molar-refractivity contribution in [3.05, 3.63) is 65.7 Å². The SMILES string of the molecule is C=O.C=O.CNc1cccc(C(=O)O)c1.Cc1ccccc1. The zero-order valence-corrected chi connectivity index (χ0v) is 12.8. The number of carboxylic acids is 1. The topological polar surface area (TPSA) is 83.5 Å². The standard InChI is InChI=1S/C8H9NO2.C7H8.2CH2O/c1-9-7-4-2-3-6(5-7)8(10)11;1-7-5-3-2-4-6-7;2*1-2/h2-5,9H,1H3,(H,10,11);2-6H,1H3;2*1H2. The lowest BCUT2D eigenvalue weighted by Crippen LogP contribution is -1.97. The van der Waals surface area contributed by atoms with Gasteiger partial charge in [0.25, 0.3) is 0 Å². The first-order chi connectivity index (χ1) is 10.6. The highest BCUT2D eigenvalue weighted by atomic mass is 16.4. The fraction of sp³-hybridized carbons (Fsp3) is 0.118. The van der Waals surface area contributed by atoms with Crippen molar-refractivity contribution in [2.24, 2.45) is 0 Å². The number of carbonyl (C=O) groups excluding carboxylic acids is 2. The smallest absolute Gasteiger partial charge is 0.335 e. The van der Waals surface area contributed by atoms with Crippen molar-refractivity contribution in [3.63, 3.8) is 0 Å². The summed E-state index contributed by atoms with van der Waals surface area (Å²) in [6, 6.07) is 16.9. The number of rotatable bonds is 2. The van der Waals surface area contributed by atoms with E-state index in [1.807, 2.05) is 37.8 Å². The molecule has 0 atom stereocenters. The molecule has 0 aromatic heterocycles. The van der Waals surface area contributed by atoms with E-state index in [0.717, 1.165) is 5.69 Å². The first-order valence-corrected chi connectivity index (χ1v) is 6.24. The molecule has 0 saturated heterocycles. The Morgan fingerprint density at radius 2 is 1.50 bits per heavy atom. The summed E-state index contributed by atoms with van der Waals surface area (Å²) in [5.74, 6) is -0.901. The third-order valence-corrected chi connectivity index (χ3v) is 2.34. The molecule has 0 aliphatic carbocycles. The van der Waals surface area contributed by atoms with Gasteiger partial charge in [0.1, 0.15) is 13.6 Å². The van der Waals surface area contributed by atoms with Gasteiger partial charge in [-0.05, 0) is 25.1 Å². The Bertz CT molecular complexity index is 527. The normalized spacial score (nSPS) is 7.73. The largest absolute Gasteiger partial charge is 0.478 e. The van der Waals surface area contributed by atoms with Crippen LogP contribution in [0.4, 0.5) is 5.69 Å². The highest BCUT2D eigenvalue weighted by molar-refractivity contribution is 5.88. The van der Waals surface area contributed by atoms with Crippen LogP contribution in [0.3, 0.4) is 0 Å². The second-order valence-corrected chi connectivity index (χ2v) is 3.79. The quantitative estimate of drug-likeness (QED) is 0.891. The lowest BCUT2D eigenvalue weighted by molar-refractivity contribution is -0.0987. The van der Waals surface area contributed by atoms with Crippen molar-refractivity contribution < 1.29 is 19.5 Å². The average Bonchev–Trinajstić information content (AvgIpc) is 2.60. The van der Waals surface area contributed by atoms with E-state index >= 15 is 0 Å². The molecule has 2 aromatic rings. The van der Waals surface area contributed by atoms with E-state index in [4.69, 9.17) is 14.7 Å². The minimum Gasteiger partial charge on any atom is -0.478 e. The van der Waals surface area contributed by atoms with Gasteiger partial charge in [0.2, 0.25) is 0 Å². The molecule has 0 spiro atoms. The van der Waals surface area contributed by atoms with Gasteiger partial charge in [-0.15, -0.1) is 0 Å². The maximum atomic E-state index is 10.4. The van der Waals surface area contributed by atoms with E-state index in [1.54, 1.807) is 25.2 Å². The third kappa shape index (κ3) is 9.91. The zero-order chi connectivity index (χ0) is 17.4. The van der Waals surface area contributed by atoms with Crippen LogP contribution in [0.25, 0.3) is 0 Å². The summed E-state index contributed by atoms with van der Waals surface area (Å²) in [6.45, 7) is 6.08. The Hall–Kier alpha value is -2.95. The van der Waals surface area contributed by atoms with E-state index in [-0.39, 0.29) is 0 Å². The second kappa shape index (κ2) is 14.5. The maximum Gasteiger partial charge on any atom is 0.335 e. The Morgan fingerprint density at radius 1 is 0.955 bits per heavy atom. The van der Waals surface area contributed by atoms with Crippen molar-refractivity contribution >= 4 is 25.2 Å². The van der Waals surface area contributed by atoms with Gasteiger partial charge in [0, 0.05) is 12.7 Å². The summed E-state index contributed by atoms with van der Waals surface area (Å²) in [6.07, 6.45) is 0. The highest BCUT2D eigenvalue weighted by Crippen LogP contribution is 2.08. The molecule has 5 heteroatoms. The predicted molar refractivity (Wildman–Crippen MR) is 88.4 cm³/mol. The molecule has 0 unspecified atom stereocenters. The number of hydrogen-bond acceptors (Lipinski definition) is 4. The van der Waals surface area contributed by atoms with Crippen molar-refractivity contribution in [1.82, 2.24) is 0 Å². The van der Waals surface area contributed by atoms with Crippen LogP contribution in [-0.2, 0) is 9.59 Å². The third-order valence-electron chi connectivity index (χ3n) is 2.34. The van der Waals surface area contributed by atoms with Crippen LogP contribution in [0, 0.1) is 6.92 Å². The average molecular weight is 303 g/mol. The number of carbonyl (C=O) groups is 3. The maximum absolute atomic E-state index is 10.4. The molecule has 0 aliphatic rings. The molecule has 0 fully saturated rings. The molecule has 2 aromatic carbocycles. The first-order valence-electron chi connectivity index (χ1n) is 6.24. The Balaban J connectivity index is 0. The molecular weight excluding hydrogens is 282 g/mol. The minimum atomic E-state index is -0.901. The van der Waals surface area contributed by atoms with Gasteiger partial charge >= 0.3 is 5.97 Å². The summed E-state index contributed by atoms with van der Waals surface area (Å²) in [5, 5.41) is 11.4. The second-order valence-electron chi connectivity index (χ2n) is 3.79. The summed E-state index contributed by atoms with van der Waals surface area (Å²) in [4.78, 5) is 26.4. The van der Waals surface area contributed by atoms with Crippen molar-refractivity contribution in [2.75, 3.05) is 12.4 Å². The zero-order valence-electron chi connectivity index (χ0n) is 12.8. The van der Waals surface area contributed by atoms with Crippen LogP contribution >= 0.6 is 0 Å². The van der Waals surface area contributed by atoms with Crippen LogP contribution in [0.5, 0.6) is 0 Å². The summed E-state index contributed by atoms with van der Waals surface area (Å²) >= 11 is 0. The van der Waals surface area contributed by atoms with Crippen LogP contribution in [0.15, 0.2) is 54.6 Å². The number of aromatic carboxylic acids is 1. The summed E-state index contributed by atoms with van der Waals surface area (Å²) in [7, 11) is 1.75. The van der Waals surface area contributed by atoms with Crippen LogP contribution < -0.4 is 5.32 Å². The molecule has 0 bridgehead atoms. The molecular formula is C17H21NO4. The Morgan fingerprint density at radius 3 is 1.86 bits per heavy atom. The molecule has 22 heavy (non-hydrogen) atoms. The van der Waals surface area contributed by atoms with Crippen molar-refractivity contribution in [3.8, 4) is 0 Å². The molecule has 0 aliphatic heterocycles. The van der Waals surface area contributed by atoms with E-state index in [1.165, 1.54) is 5.56 Å². The number of anilines is 1. The van der Waals surface area contributed by atoms with E-state index in [2.05, 4.69) is 24.4 Å². The van der Waals surface area contributed by atoms with Gasteiger partial charge in [-0.3, -0.25) is 0 Å². The molecule has 2 N–H and O–H groups in total. The monoisotopic (exact) mass is 303 g/mol. The molecule has 0 radical (unpaired) electrons. The first kappa shape index (κ1) is 21.4. The minimum absolute atomic E-state index is 0.303. The molecule has 0 heterocycles. The molecule has 118 valence electrons. The number of aryl methyl sites for hydroxylation is 1. The van der Waals surface area contributed by atoms with E-state index in [9.17, 15) is 4.79 Å². The predicted octanol–water partition coefficient (Wildman–Crippen LogP) is 3.05. The van der Waals surface area contributed by atoms with Gasteiger partial charge in [-0.25, -0.2) is 4.79 Å². The summed E-state index contributed by atoms with van der Waals surface area (Å²) in [5.41, 5.74) is 2.43. The fourth-order valence-corrected chi connectivity index (χ4v) is 1.34. The van der Waals surface area contributed by atoms with Gasteiger partial charge in [0.05, 0.1) is 5.56 Å². The molecule has 0 amide bonds. The Kier molecular flexibility index (Phi) is 14.0. The number of nitrogens with one attached hydrogen (secondary N) is 1. The van der Waals surface area contributed by atoms with Gasteiger partial charge in [0.15, 0.2) is 0 Å². The number of carboxylic acid groups (broad SMARTS) is 1. The number of hydrogen-bond donors (Lipinski definition) is 2. The van der Waals surface area contributed by atoms with Crippen LogP contribution in [0.1, 0.15) is 15.9 Å².